The molecule has 0 atom stereocenters. The fourth-order valence-electron chi connectivity index (χ4n) is 1.78. The van der Waals surface area contributed by atoms with Gasteiger partial charge in [-0.05, 0) is 24.7 Å². The van der Waals surface area contributed by atoms with Crippen molar-refractivity contribution < 1.29 is 0 Å². The van der Waals surface area contributed by atoms with Crippen LogP contribution in [0.15, 0.2) is 17.8 Å². The van der Waals surface area contributed by atoms with Crippen molar-refractivity contribution in [3.8, 4) is 0 Å². The number of fused-ring (bicyclic) bond motifs is 1. The van der Waals surface area contributed by atoms with Gasteiger partial charge in [0.05, 0.1) is 5.69 Å². The highest BCUT2D eigenvalue weighted by Crippen LogP contribution is 2.49. The maximum Gasteiger partial charge on any atom is 0.193 e. The van der Waals surface area contributed by atoms with Crippen LogP contribution in [0.2, 0.25) is 0 Å². The van der Waals surface area contributed by atoms with E-state index in [1.54, 1.807) is 11.3 Å². The summed E-state index contributed by atoms with van der Waals surface area (Å²) in [4.78, 5) is 5.66. The van der Waals surface area contributed by atoms with E-state index < -0.39 is 0 Å². The zero-order chi connectivity index (χ0) is 9.60. The minimum Gasteiger partial charge on any atom is -0.297 e. The lowest BCUT2D eigenvalue weighted by atomic mass is 10.0. The first-order chi connectivity index (χ1) is 6.81. The van der Waals surface area contributed by atoms with Gasteiger partial charge in [0, 0.05) is 23.7 Å². The standard InChI is InChI=1S/C10H11ClN2S/c11-7-10(1-2-10)5-8-6-13-3-4-14-9(13)12-8/h3-4,6H,1-2,5,7H2. The molecule has 0 bridgehead atoms. The van der Waals surface area contributed by atoms with Gasteiger partial charge in [0.1, 0.15) is 0 Å². The number of alkyl halides is 1. The second-order valence-electron chi connectivity index (χ2n) is 4.14. The van der Waals surface area contributed by atoms with E-state index in [1.165, 1.54) is 18.5 Å². The van der Waals surface area contributed by atoms with Crippen LogP contribution in [0.5, 0.6) is 0 Å². The Balaban J connectivity index is 1.88. The van der Waals surface area contributed by atoms with Crippen LogP contribution in [0.3, 0.4) is 0 Å². The predicted octanol–water partition coefficient (Wildman–Crippen LogP) is 2.96. The van der Waals surface area contributed by atoms with Crippen molar-refractivity contribution in [2.45, 2.75) is 19.3 Å². The van der Waals surface area contributed by atoms with Gasteiger partial charge >= 0.3 is 0 Å². The molecule has 0 unspecified atom stereocenters. The number of nitrogens with zero attached hydrogens (tertiary/aromatic N) is 2. The van der Waals surface area contributed by atoms with E-state index in [4.69, 9.17) is 11.6 Å². The summed E-state index contributed by atoms with van der Waals surface area (Å²) in [5.41, 5.74) is 1.57. The molecule has 2 aromatic heterocycles. The first kappa shape index (κ1) is 8.74. The third-order valence-electron chi connectivity index (χ3n) is 2.94. The van der Waals surface area contributed by atoms with E-state index in [0.717, 1.165) is 17.3 Å². The van der Waals surface area contributed by atoms with Crippen LogP contribution in [0.1, 0.15) is 18.5 Å². The van der Waals surface area contributed by atoms with Crippen molar-refractivity contribution in [3.63, 3.8) is 0 Å². The van der Waals surface area contributed by atoms with E-state index in [0.29, 0.717) is 5.41 Å². The summed E-state index contributed by atoms with van der Waals surface area (Å²) in [6, 6.07) is 0. The molecule has 0 radical (unpaired) electrons. The average Bonchev–Trinajstić information content (AvgIpc) is 2.62. The number of rotatable bonds is 3. The van der Waals surface area contributed by atoms with Gasteiger partial charge in [0.2, 0.25) is 0 Å². The van der Waals surface area contributed by atoms with Crippen LogP contribution < -0.4 is 0 Å². The van der Waals surface area contributed by atoms with Gasteiger partial charge in [-0.1, -0.05) is 0 Å². The Kier molecular flexibility index (Phi) is 1.86. The number of hydrogen-bond donors (Lipinski definition) is 0. The molecule has 0 aliphatic heterocycles. The number of halogens is 1. The van der Waals surface area contributed by atoms with E-state index in [-0.39, 0.29) is 0 Å². The van der Waals surface area contributed by atoms with Crippen LogP contribution in [-0.2, 0) is 6.42 Å². The van der Waals surface area contributed by atoms with Crippen LogP contribution >= 0.6 is 22.9 Å². The van der Waals surface area contributed by atoms with Crippen LogP contribution in [0.25, 0.3) is 4.96 Å². The average molecular weight is 227 g/mol. The Labute approximate surface area is 91.5 Å². The first-order valence-corrected chi connectivity index (χ1v) is 6.20. The highest BCUT2D eigenvalue weighted by atomic mass is 35.5. The molecule has 3 rings (SSSR count). The van der Waals surface area contributed by atoms with Gasteiger partial charge in [0.25, 0.3) is 0 Å². The fourth-order valence-corrected chi connectivity index (χ4v) is 2.86. The van der Waals surface area contributed by atoms with Gasteiger partial charge in [-0.3, -0.25) is 4.40 Å². The Morgan fingerprint density at radius 2 is 2.43 bits per heavy atom. The monoisotopic (exact) mass is 226 g/mol. The van der Waals surface area contributed by atoms with Crippen molar-refractivity contribution in [1.82, 2.24) is 9.38 Å². The summed E-state index contributed by atoms with van der Waals surface area (Å²) >= 11 is 7.63. The van der Waals surface area contributed by atoms with Crippen molar-refractivity contribution in [2.75, 3.05) is 5.88 Å². The molecule has 1 aliphatic rings. The molecule has 2 heterocycles. The van der Waals surface area contributed by atoms with E-state index in [9.17, 15) is 0 Å². The van der Waals surface area contributed by atoms with E-state index in [2.05, 4.69) is 27.2 Å². The lowest BCUT2D eigenvalue weighted by molar-refractivity contribution is 0.570. The molecule has 0 aromatic carbocycles. The summed E-state index contributed by atoms with van der Waals surface area (Å²) < 4.78 is 2.09. The Morgan fingerprint density at radius 1 is 1.57 bits per heavy atom. The van der Waals surface area contributed by atoms with Gasteiger partial charge < -0.3 is 0 Å². The minimum absolute atomic E-state index is 0.381. The highest BCUT2D eigenvalue weighted by Gasteiger charge is 2.42. The van der Waals surface area contributed by atoms with Gasteiger partial charge in [0.15, 0.2) is 4.96 Å². The first-order valence-electron chi connectivity index (χ1n) is 4.78. The molecule has 0 amide bonds. The number of thiazole rings is 1. The summed E-state index contributed by atoms with van der Waals surface area (Å²) in [7, 11) is 0. The zero-order valence-corrected chi connectivity index (χ0v) is 9.31. The third-order valence-corrected chi connectivity index (χ3v) is 4.28. The zero-order valence-electron chi connectivity index (χ0n) is 7.74. The largest absolute Gasteiger partial charge is 0.297 e. The second kappa shape index (κ2) is 2.97. The summed E-state index contributed by atoms with van der Waals surface area (Å²) in [6.07, 6.45) is 7.75. The van der Waals surface area contributed by atoms with Gasteiger partial charge in [-0.15, -0.1) is 22.9 Å². The molecule has 1 fully saturated rings. The van der Waals surface area contributed by atoms with Gasteiger partial charge in [-0.25, -0.2) is 4.98 Å². The minimum atomic E-state index is 0.381. The normalized spacial score (nSPS) is 18.9. The summed E-state index contributed by atoms with van der Waals surface area (Å²) in [6.45, 7) is 0. The number of aromatic nitrogens is 2. The maximum atomic E-state index is 5.95. The van der Waals surface area contributed by atoms with Crippen LogP contribution in [-0.4, -0.2) is 15.3 Å². The lowest BCUT2D eigenvalue weighted by Crippen LogP contribution is -2.06. The van der Waals surface area contributed by atoms with Crippen LogP contribution in [0, 0.1) is 5.41 Å². The molecule has 1 aliphatic carbocycles. The second-order valence-corrected chi connectivity index (χ2v) is 5.28. The van der Waals surface area contributed by atoms with Crippen molar-refractivity contribution >= 4 is 27.9 Å². The lowest BCUT2D eigenvalue weighted by Gasteiger charge is -2.07. The van der Waals surface area contributed by atoms with Gasteiger partial charge in [-0.2, -0.15) is 0 Å². The highest BCUT2D eigenvalue weighted by molar-refractivity contribution is 7.15. The molecule has 0 saturated heterocycles. The fraction of sp³-hybridized carbons (Fsp3) is 0.500. The maximum absolute atomic E-state index is 5.95. The molecule has 2 nitrogen and oxygen atoms in total. The Hall–Kier alpha value is -0.540. The Bertz CT molecular complexity index is 427. The molecule has 0 spiro atoms. The summed E-state index contributed by atoms with van der Waals surface area (Å²) in [5.74, 6) is 0.776. The molecule has 1 saturated carbocycles. The topological polar surface area (TPSA) is 17.3 Å². The molecule has 14 heavy (non-hydrogen) atoms. The third kappa shape index (κ3) is 1.35. The molecular weight excluding hydrogens is 216 g/mol. The van der Waals surface area contributed by atoms with E-state index in [1.807, 2.05) is 0 Å². The molecule has 0 N–H and O–H groups in total. The van der Waals surface area contributed by atoms with Crippen molar-refractivity contribution in [2.24, 2.45) is 5.41 Å². The van der Waals surface area contributed by atoms with E-state index >= 15 is 0 Å². The molecule has 2 aromatic rings. The Morgan fingerprint density at radius 3 is 3.07 bits per heavy atom. The summed E-state index contributed by atoms with van der Waals surface area (Å²) in [5, 5.41) is 2.06. The smallest absolute Gasteiger partial charge is 0.193 e. The molecule has 4 heteroatoms. The predicted molar refractivity (Wildman–Crippen MR) is 59.2 cm³/mol. The number of hydrogen-bond acceptors (Lipinski definition) is 2. The van der Waals surface area contributed by atoms with Crippen molar-refractivity contribution in [1.29, 1.82) is 0 Å². The molecule has 74 valence electrons. The van der Waals surface area contributed by atoms with Crippen LogP contribution in [0.4, 0.5) is 0 Å². The quantitative estimate of drug-likeness (QED) is 0.736. The van der Waals surface area contributed by atoms with Crippen molar-refractivity contribution in [3.05, 3.63) is 23.5 Å². The molecular formula is C10H11ClN2S. The number of imidazole rings is 1. The SMILES string of the molecule is ClCC1(Cc2cn3ccsc3n2)CC1.